The summed E-state index contributed by atoms with van der Waals surface area (Å²) in [6.07, 6.45) is -0.563. The van der Waals surface area contributed by atoms with Crippen LogP contribution in [0.2, 0.25) is 0 Å². The quantitative estimate of drug-likeness (QED) is 0.385. The van der Waals surface area contributed by atoms with Crippen LogP contribution in [0.4, 0.5) is 18.0 Å². The molecule has 0 spiro atoms. The second-order valence-corrected chi connectivity index (χ2v) is 8.92. The average Bonchev–Trinajstić information content (AvgIpc) is 2.83. The van der Waals surface area contributed by atoms with Crippen LogP contribution in [-0.2, 0) is 28.6 Å². The maximum atomic E-state index is 12.8. The fourth-order valence-corrected chi connectivity index (χ4v) is 3.68. The van der Waals surface area contributed by atoms with Gasteiger partial charge in [0.2, 0.25) is 0 Å². The van der Waals surface area contributed by atoms with E-state index in [2.05, 4.69) is 4.18 Å². The first kappa shape index (κ1) is 22.3. The van der Waals surface area contributed by atoms with Crippen molar-refractivity contribution < 1.29 is 44.8 Å². The highest BCUT2D eigenvalue weighted by Crippen LogP contribution is 2.42. The van der Waals surface area contributed by atoms with Crippen molar-refractivity contribution in [3.05, 3.63) is 11.3 Å². The van der Waals surface area contributed by atoms with Gasteiger partial charge in [-0.3, -0.25) is 4.90 Å². The third kappa shape index (κ3) is 4.53. The Bertz CT molecular complexity index is 783. The molecule has 0 aromatic heterocycles. The number of carbonyl (C=O) groups excluding carboxylic acids is 2. The lowest BCUT2D eigenvalue weighted by Crippen LogP contribution is -2.49. The Morgan fingerprint density at radius 3 is 2.29 bits per heavy atom. The van der Waals surface area contributed by atoms with Gasteiger partial charge >= 0.3 is 27.7 Å². The third-order valence-corrected chi connectivity index (χ3v) is 5.12. The second-order valence-electron chi connectivity index (χ2n) is 7.39. The number of halogens is 3. The maximum Gasteiger partial charge on any atom is 0.534 e. The predicted molar refractivity (Wildman–Crippen MR) is 89.2 cm³/mol. The smallest absolute Gasteiger partial charge is 0.463 e. The summed E-state index contributed by atoms with van der Waals surface area (Å²) in [5.74, 6) is -1.72. The molecule has 28 heavy (non-hydrogen) atoms. The van der Waals surface area contributed by atoms with E-state index in [1.54, 1.807) is 20.8 Å². The number of nitrogens with zero attached hydrogens (tertiary/aromatic N) is 1. The summed E-state index contributed by atoms with van der Waals surface area (Å²) < 4.78 is 76.0. The molecular formula is C16H22F3NO7S. The van der Waals surface area contributed by atoms with Crippen molar-refractivity contribution in [1.82, 2.24) is 4.90 Å². The normalized spacial score (nSPS) is 22.9. The molecule has 0 aliphatic carbocycles. The van der Waals surface area contributed by atoms with Crippen LogP contribution in [0.25, 0.3) is 0 Å². The summed E-state index contributed by atoms with van der Waals surface area (Å²) in [7, 11) is -6.03. The van der Waals surface area contributed by atoms with Crippen molar-refractivity contribution in [3.8, 4) is 0 Å². The molecule has 2 aliphatic heterocycles. The number of alkyl halides is 3. The standard InChI is InChI=1S/C16H22F3NO7S/c1-5-25-13(21)10-8-9-6-7-11(20(9)14(22)26-15(2,3)4)12(10)27-28(23,24)16(17,18)19/h9,11H,5-8H2,1-4H3. The Labute approximate surface area is 160 Å². The molecule has 2 heterocycles. The van der Waals surface area contributed by atoms with Crippen LogP contribution in [0.5, 0.6) is 0 Å². The largest absolute Gasteiger partial charge is 0.534 e. The topological polar surface area (TPSA) is 99.2 Å². The van der Waals surface area contributed by atoms with Gasteiger partial charge in [0.25, 0.3) is 0 Å². The van der Waals surface area contributed by atoms with Crippen molar-refractivity contribution >= 4 is 22.2 Å². The van der Waals surface area contributed by atoms with E-state index in [1.165, 1.54) is 6.92 Å². The zero-order valence-electron chi connectivity index (χ0n) is 15.8. The molecule has 2 atom stereocenters. The molecule has 1 amide bonds. The number of rotatable bonds is 4. The highest BCUT2D eigenvalue weighted by Gasteiger charge is 2.54. The summed E-state index contributed by atoms with van der Waals surface area (Å²) in [5.41, 5.74) is -6.88. The van der Waals surface area contributed by atoms with Crippen LogP contribution in [0, 0.1) is 0 Å². The lowest BCUT2D eigenvalue weighted by atomic mass is 10.00. The molecule has 0 aromatic rings. The number of fused-ring (bicyclic) bond motifs is 2. The molecule has 0 saturated carbocycles. The molecule has 2 aliphatic rings. The van der Waals surface area contributed by atoms with Gasteiger partial charge in [-0.15, -0.1) is 0 Å². The lowest BCUT2D eigenvalue weighted by molar-refractivity contribution is -0.139. The van der Waals surface area contributed by atoms with E-state index in [9.17, 15) is 31.2 Å². The van der Waals surface area contributed by atoms with E-state index in [-0.39, 0.29) is 25.0 Å². The summed E-state index contributed by atoms with van der Waals surface area (Å²) in [4.78, 5) is 25.9. The van der Waals surface area contributed by atoms with Gasteiger partial charge in [-0.2, -0.15) is 21.6 Å². The number of amides is 1. The average molecular weight is 429 g/mol. The van der Waals surface area contributed by atoms with Crippen LogP contribution in [0.1, 0.15) is 47.0 Å². The first-order valence-corrected chi connectivity index (χ1v) is 10.0. The first-order chi connectivity index (χ1) is 12.7. The van der Waals surface area contributed by atoms with Crippen molar-refractivity contribution in [2.24, 2.45) is 0 Å². The van der Waals surface area contributed by atoms with E-state index in [0.717, 1.165) is 4.90 Å². The van der Waals surface area contributed by atoms with E-state index in [4.69, 9.17) is 9.47 Å². The van der Waals surface area contributed by atoms with Gasteiger partial charge in [0.05, 0.1) is 18.2 Å². The number of esters is 1. The lowest BCUT2D eigenvalue weighted by Gasteiger charge is -2.37. The van der Waals surface area contributed by atoms with Crippen molar-refractivity contribution in [1.29, 1.82) is 0 Å². The summed E-state index contributed by atoms with van der Waals surface area (Å²) >= 11 is 0. The van der Waals surface area contributed by atoms with E-state index < -0.39 is 51.1 Å². The third-order valence-electron chi connectivity index (χ3n) is 4.15. The van der Waals surface area contributed by atoms with E-state index >= 15 is 0 Å². The molecule has 1 saturated heterocycles. The minimum Gasteiger partial charge on any atom is -0.463 e. The van der Waals surface area contributed by atoms with E-state index in [0.29, 0.717) is 6.42 Å². The molecule has 2 rings (SSSR count). The fraction of sp³-hybridized carbons (Fsp3) is 0.750. The van der Waals surface area contributed by atoms with Crippen LogP contribution in [0.15, 0.2) is 11.3 Å². The first-order valence-electron chi connectivity index (χ1n) is 8.60. The van der Waals surface area contributed by atoms with Crippen LogP contribution >= 0.6 is 0 Å². The zero-order chi connectivity index (χ0) is 21.5. The van der Waals surface area contributed by atoms with Gasteiger partial charge in [-0.1, -0.05) is 0 Å². The maximum absolute atomic E-state index is 12.8. The molecule has 8 nitrogen and oxygen atoms in total. The number of hydrogen-bond acceptors (Lipinski definition) is 7. The minimum absolute atomic E-state index is 0.0628. The van der Waals surface area contributed by atoms with E-state index in [1.807, 2.05) is 0 Å². The van der Waals surface area contributed by atoms with Gasteiger partial charge < -0.3 is 13.7 Å². The zero-order valence-corrected chi connectivity index (χ0v) is 16.6. The SMILES string of the molecule is CCOC(=O)C1=C(OS(=O)(=O)C(F)(F)F)C2CCC(C1)N2C(=O)OC(C)(C)C. The van der Waals surface area contributed by atoms with Gasteiger partial charge in [0.15, 0.2) is 5.76 Å². The van der Waals surface area contributed by atoms with Crippen LogP contribution in [-0.4, -0.2) is 55.2 Å². The van der Waals surface area contributed by atoms with Gasteiger partial charge in [-0.25, -0.2) is 9.59 Å². The van der Waals surface area contributed by atoms with Crippen LogP contribution < -0.4 is 0 Å². The van der Waals surface area contributed by atoms with Crippen molar-refractivity contribution in [3.63, 3.8) is 0 Å². The summed E-state index contributed by atoms with van der Waals surface area (Å²) in [6.45, 7) is 6.27. The fourth-order valence-electron chi connectivity index (χ4n) is 3.14. The highest BCUT2D eigenvalue weighted by atomic mass is 32.2. The predicted octanol–water partition coefficient (Wildman–Crippen LogP) is 2.84. The van der Waals surface area contributed by atoms with Crippen LogP contribution in [0.3, 0.4) is 0 Å². The highest BCUT2D eigenvalue weighted by molar-refractivity contribution is 7.87. The van der Waals surface area contributed by atoms with Crippen molar-refractivity contribution in [2.45, 2.75) is 70.2 Å². The molecule has 2 unspecified atom stereocenters. The molecule has 12 heteroatoms. The Balaban J connectivity index is 2.47. The molecule has 2 bridgehead atoms. The molecule has 0 N–H and O–H groups in total. The van der Waals surface area contributed by atoms with Crippen molar-refractivity contribution in [2.75, 3.05) is 6.61 Å². The summed E-state index contributed by atoms with van der Waals surface area (Å²) in [5, 5.41) is 0. The number of carbonyl (C=O) groups is 2. The molecule has 1 fully saturated rings. The van der Waals surface area contributed by atoms with Gasteiger partial charge in [0, 0.05) is 12.5 Å². The minimum atomic E-state index is -6.03. The van der Waals surface area contributed by atoms with Gasteiger partial charge in [-0.05, 0) is 40.5 Å². The summed E-state index contributed by atoms with van der Waals surface area (Å²) in [6, 6.07) is -1.72. The molecule has 0 aromatic carbocycles. The Kier molecular flexibility index (Phi) is 5.94. The number of hydrogen-bond donors (Lipinski definition) is 0. The Morgan fingerprint density at radius 2 is 1.79 bits per heavy atom. The second kappa shape index (κ2) is 7.45. The number of ether oxygens (including phenoxy) is 2. The molecule has 0 radical (unpaired) electrons. The Morgan fingerprint density at radius 1 is 1.18 bits per heavy atom. The van der Waals surface area contributed by atoms with Gasteiger partial charge in [0.1, 0.15) is 5.60 Å². The molecule has 160 valence electrons. The molecular weight excluding hydrogens is 407 g/mol. The Hall–Kier alpha value is -1.98. The monoisotopic (exact) mass is 429 g/mol.